The highest BCUT2D eigenvalue weighted by molar-refractivity contribution is 5.31. The highest BCUT2D eigenvalue weighted by Crippen LogP contribution is 2.16. The van der Waals surface area contributed by atoms with E-state index in [9.17, 15) is 5.11 Å². The van der Waals surface area contributed by atoms with E-state index in [1.807, 2.05) is 49.0 Å². The summed E-state index contributed by atoms with van der Waals surface area (Å²) in [4.78, 5) is 4.25. The number of aliphatic hydroxyl groups excluding tert-OH is 1. The summed E-state index contributed by atoms with van der Waals surface area (Å²) in [7, 11) is 1.98. The van der Waals surface area contributed by atoms with Crippen molar-refractivity contribution in [2.75, 3.05) is 19.7 Å². The molecule has 1 unspecified atom stereocenters. The highest BCUT2D eigenvalue weighted by atomic mass is 16.5. The fourth-order valence-corrected chi connectivity index (χ4v) is 2.07. The smallest absolute Gasteiger partial charge is 0.122 e. The van der Waals surface area contributed by atoms with E-state index in [4.69, 9.17) is 4.74 Å². The van der Waals surface area contributed by atoms with Gasteiger partial charge in [-0.05, 0) is 18.6 Å². The van der Waals surface area contributed by atoms with Gasteiger partial charge in [-0.1, -0.05) is 18.2 Å². The van der Waals surface area contributed by atoms with Gasteiger partial charge in [0.1, 0.15) is 24.3 Å². The molecule has 5 heteroatoms. The monoisotopic (exact) mass is 289 g/mol. The summed E-state index contributed by atoms with van der Waals surface area (Å²) in [6.45, 7) is 3.58. The Labute approximate surface area is 125 Å². The minimum atomic E-state index is -0.522. The Morgan fingerprint density at radius 3 is 2.90 bits per heavy atom. The molecule has 0 aliphatic carbocycles. The first kappa shape index (κ1) is 15.5. The molecule has 0 aliphatic rings. The van der Waals surface area contributed by atoms with Crippen molar-refractivity contribution in [3.8, 4) is 5.75 Å². The minimum Gasteiger partial charge on any atom is -0.491 e. The zero-order chi connectivity index (χ0) is 15.1. The quantitative estimate of drug-likeness (QED) is 0.719. The maximum absolute atomic E-state index is 9.90. The second kappa shape index (κ2) is 7.81. The lowest BCUT2D eigenvalue weighted by Gasteiger charge is -2.14. The lowest BCUT2D eigenvalue weighted by atomic mass is 10.2. The zero-order valence-corrected chi connectivity index (χ0v) is 12.6. The van der Waals surface area contributed by atoms with Crippen LogP contribution in [0.25, 0.3) is 0 Å². The van der Waals surface area contributed by atoms with Crippen LogP contribution < -0.4 is 10.1 Å². The van der Waals surface area contributed by atoms with Crippen LogP contribution in [0.4, 0.5) is 0 Å². The first-order valence-corrected chi connectivity index (χ1v) is 7.20. The highest BCUT2D eigenvalue weighted by Gasteiger charge is 2.06. The maximum atomic E-state index is 9.90. The van der Waals surface area contributed by atoms with Crippen LogP contribution >= 0.6 is 0 Å². The van der Waals surface area contributed by atoms with Crippen LogP contribution in [0.1, 0.15) is 11.4 Å². The molecule has 1 aromatic carbocycles. The molecule has 0 bridgehead atoms. The van der Waals surface area contributed by atoms with Crippen molar-refractivity contribution < 1.29 is 9.84 Å². The number of rotatable bonds is 8. The Morgan fingerprint density at radius 2 is 2.19 bits per heavy atom. The molecule has 0 spiro atoms. The van der Waals surface area contributed by atoms with Crippen molar-refractivity contribution in [3.63, 3.8) is 0 Å². The second-order valence-corrected chi connectivity index (χ2v) is 5.14. The van der Waals surface area contributed by atoms with E-state index in [0.29, 0.717) is 13.2 Å². The summed E-state index contributed by atoms with van der Waals surface area (Å²) in [6, 6.07) is 7.81. The lowest BCUT2D eigenvalue weighted by Crippen LogP contribution is -2.32. The number of aliphatic hydroxyl groups is 1. The molecule has 21 heavy (non-hydrogen) atoms. The molecule has 1 aromatic heterocycles. The Hall–Kier alpha value is -1.85. The first-order chi connectivity index (χ1) is 10.2. The molecule has 5 nitrogen and oxygen atoms in total. The van der Waals surface area contributed by atoms with Gasteiger partial charge in [-0.2, -0.15) is 0 Å². The van der Waals surface area contributed by atoms with Crippen molar-refractivity contribution in [3.05, 3.63) is 48.0 Å². The fraction of sp³-hybridized carbons (Fsp3) is 0.438. The molecule has 2 N–H and O–H groups in total. The van der Waals surface area contributed by atoms with Gasteiger partial charge >= 0.3 is 0 Å². The molecular weight excluding hydrogens is 266 g/mol. The van der Waals surface area contributed by atoms with Gasteiger partial charge in [-0.15, -0.1) is 0 Å². The normalized spacial score (nSPS) is 12.3. The molecule has 0 saturated carbocycles. The van der Waals surface area contributed by atoms with Crippen molar-refractivity contribution in [2.24, 2.45) is 7.05 Å². The number of benzene rings is 1. The number of hydrogen-bond donors (Lipinski definition) is 2. The van der Waals surface area contributed by atoms with E-state index in [2.05, 4.69) is 10.3 Å². The summed E-state index contributed by atoms with van der Waals surface area (Å²) >= 11 is 0. The Bertz CT molecular complexity index is 554. The van der Waals surface area contributed by atoms with E-state index in [0.717, 1.165) is 30.1 Å². The molecule has 0 fully saturated rings. The molecule has 1 heterocycles. The Kier molecular flexibility index (Phi) is 5.78. The molecule has 0 amide bonds. The summed E-state index contributed by atoms with van der Waals surface area (Å²) in [5, 5.41) is 13.1. The number of aryl methyl sites for hydroxylation is 2. The van der Waals surface area contributed by atoms with Gasteiger partial charge < -0.3 is 19.7 Å². The number of hydrogen-bond acceptors (Lipinski definition) is 4. The van der Waals surface area contributed by atoms with E-state index in [-0.39, 0.29) is 0 Å². The van der Waals surface area contributed by atoms with Crippen molar-refractivity contribution >= 4 is 0 Å². The van der Waals surface area contributed by atoms with Gasteiger partial charge in [0.05, 0.1) is 0 Å². The van der Waals surface area contributed by atoms with Crippen LogP contribution in [0.3, 0.4) is 0 Å². The van der Waals surface area contributed by atoms with Gasteiger partial charge in [0.15, 0.2) is 0 Å². The van der Waals surface area contributed by atoms with Crippen LogP contribution in [-0.2, 0) is 13.5 Å². The topological polar surface area (TPSA) is 59.3 Å². The van der Waals surface area contributed by atoms with Crippen LogP contribution in [0.5, 0.6) is 5.75 Å². The molecule has 2 rings (SSSR count). The molecule has 0 aliphatic heterocycles. The number of ether oxygens (including phenoxy) is 1. The van der Waals surface area contributed by atoms with E-state index < -0.39 is 6.10 Å². The number of nitrogens with zero attached hydrogens (tertiary/aromatic N) is 2. The third-order valence-corrected chi connectivity index (χ3v) is 3.35. The Balaban J connectivity index is 1.63. The largest absolute Gasteiger partial charge is 0.491 e. The van der Waals surface area contributed by atoms with Gasteiger partial charge in [0.2, 0.25) is 0 Å². The van der Waals surface area contributed by atoms with Crippen molar-refractivity contribution in [1.82, 2.24) is 14.9 Å². The minimum absolute atomic E-state index is 0.292. The fourth-order valence-electron chi connectivity index (χ4n) is 2.07. The second-order valence-electron chi connectivity index (χ2n) is 5.14. The summed E-state index contributed by atoms with van der Waals surface area (Å²) in [5.41, 5.74) is 1.08. The molecule has 1 atom stereocenters. The number of aromatic nitrogens is 2. The average molecular weight is 289 g/mol. The van der Waals surface area contributed by atoms with Crippen LogP contribution in [0, 0.1) is 6.92 Å². The van der Waals surface area contributed by atoms with E-state index in [1.54, 1.807) is 6.20 Å². The molecular formula is C16H23N3O2. The SMILES string of the molecule is Cc1ccccc1OCC(O)CNCCc1nccn1C. The number of para-hydroxylation sites is 1. The summed E-state index contributed by atoms with van der Waals surface area (Å²) in [5.74, 6) is 1.86. The first-order valence-electron chi connectivity index (χ1n) is 7.20. The molecule has 0 saturated heterocycles. The third kappa shape index (κ3) is 4.88. The van der Waals surface area contributed by atoms with Crippen LogP contribution in [0.2, 0.25) is 0 Å². The lowest BCUT2D eigenvalue weighted by molar-refractivity contribution is 0.106. The average Bonchev–Trinajstić information content (AvgIpc) is 2.88. The maximum Gasteiger partial charge on any atom is 0.122 e. The van der Waals surface area contributed by atoms with Gasteiger partial charge in [-0.25, -0.2) is 4.98 Å². The molecule has 114 valence electrons. The van der Waals surface area contributed by atoms with Crippen molar-refractivity contribution in [1.29, 1.82) is 0 Å². The Morgan fingerprint density at radius 1 is 1.38 bits per heavy atom. The molecule has 0 radical (unpaired) electrons. The van der Waals surface area contributed by atoms with E-state index >= 15 is 0 Å². The third-order valence-electron chi connectivity index (χ3n) is 3.35. The summed E-state index contributed by atoms with van der Waals surface area (Å²) < 4.78 is 7.61. The molecule has 2 aromatic rings. The number of nitrogens with one attached hydrogen (secondary N) is 1. The van der Waals surface area contributed by atoms with Crippen molar-refractivity contribution in [2.45, 2.75) is 19.4 Å². The van der Waals surface area contributed by atoms with Gasteiger partial charge in [0.25, 0.3) is 0 Å². The van der Waals surface area contributed by atoms with E-state index in [1.165, 1.54) is 0 Å². The predicted molar refractivity (Wildman–Crippen MR) is 82.5 cm³/mol. The zero-order valence-electron chi connectivity index (χ0n) is 12.6. The van der Waals surface area contributed by atoms with Crippen LogP contribution in [0.15, 0.2) is 36.7 Å². The van der Waals surface area contributed by atoms with Gasteiger partial charge in [-0.3, -0.25) is 0 Å². The summed E-state index contributed by atoms with van der Waals surface area (Å²) in [6.07, 6.45) is 4.04. The standard InChI is InChI=1S/C16H23N3O2/c1-13-5-3-4-6-15(13)21-12-14(20)11-17-8-7-16-18-9-10-19(16)2/h3-6,9-10,14,17,20H,7-8,11-12H2,1-2H3. The van der Waals surface area contributed by atoms with Gasteiger partial charge in [0, 0.05) is 39.0 Å². The predicted octanol–water partition coefficient (Wildman–Crippen LogP) is 1.30. The number of imidazole rings is 1. The van der Waals surface area contributed by atoms with Crippen LogP contribution in [-0.4, -0.2) is 40.5 Å².